The minimum absolute atomic E-state index is 0. The number of unbranched alkanes of at least 4 members (excludes halogenated alkanes) is 5. The number of hydrogen-bond donors (Lipinski definition) is 1. The molecule has 2 N–H and O–H groups in total. The van der Waals surface area contributed by atoms with Gasteiger partial charge in [0.05, 0.1) is 6.04 Å². The lowest BCUT2D eigenvalue weighted by Crippen LogP contribution is -2.30. The average molecular weight is 284 g/mol. The standard InChI is InChI=1S/C16H25NO.ClH/c1-2-3-4-5-6-10-13-15(17)16(18)14-11-8-7-9-12-14;/h7-9,11-12,15H,2-6,10,13,17H2,1H3;1H/t15-;/m0./s1. The van der Waals surface area contributed by atoms with Gasteiger partial charge in [-0.3, -0.25) is 4.79 Å². The summed E-state index contributed by atoms with van der Waals surface area (Å²) in [7, 11) is 0. The molecular formula is C16H26ClNO. The van der Waals surface area contributed by atoms with Gasteiger partial charge in [0.2, 0.25) is 0 Å². The molecule has 2 nitrogen and oxygen atoms in total. The molecule has 0 bridgehead atoms. The smallest absolute Gasteiger partial charge is 0.179 e. The zero-order valence-electron chi connectivity index (χ0n) is 11.8. The van der Waals surface area contributed by atoms with Gasteiger partial charge in [-0.2, -0.15) is 0 Å². The quantitative estimate of drug-likeness (QED) is 0.540. The van der Waals surface area contributed by atoms with Gasteiger partial charge in [-0.15, -0.1) is 12.4 Å². The van der Waals surface area contributed by atoms with E-state index >= 15 is 0 Å². The van der Waals surface area contributed by atoms with Gasteiger partial charge in [0, 0.05) is 5.56 Å². The number of carbonyl (C=O) groups is 1. The highest BCUT2D eigenvalue weighted by atomic mass is 35.5. The van der Waals surface area contributed by atoms with Crippen LogP contribution in [0.3, 0.4) is 0 Å². The van der Waals surface area contributed by atoms with E-state index in [-0.39, 0.29) is 24.2 Å². The van der Waals surface area contributed by atoms with Crippen molar-refractivity contribution in [1.29, 1.82) is 0 Å². The van der Waals surface area contributed by atoms with Crippen molar-refractivity contribution in [3.05, 3.63) is 35.9 Å². The van der Waals surface area contributed by atoms with E-state index in [0.29, 0.717) is 0 Å². The van der Waals surface area contributed by atoms with Crippen LogP contribution >= 0.6 is 12.4 Å². The number of nitrogens with two attached hydrogens (primary N) is 1. The molecule has 3 heteroatoms. The molecule has 0 aliphatic rings. The lowest BCUT2D eigenvalue weighted by atomic mass is 9.99. The van der Waals surface area contributed by atoms with Crippen LogP contribution in [0.25, 0.3) is 0 Å². The molecule has 0 saturated carbocycles. The summed E-state index contributed by atoms with van der Waals surface area (Å²) in [5.41, 5.74) is 6.67. The lowest BCUT2D eigenvalue weighted by Gasteiger charge is -2.10. The average Bonchev–Trinajstić information content (AvgIpc) is 2.42. The van der Waals surface area contributed by atoms with E-state index in [1.54, 1.807) is 0 Å². The first-order valence-corrected chi connectivity index (χ1v) is 7.10. The molecule has 1 rings (SSSR count). The summed E-state index contributed by atoms with van der Waals surface area (Å²) in [5.74, 6) is 0.0733. The Morgan fingerprint density at radius 2 is 1.63 bits per heavy atom. The maximum atomic E-state index is 12.0. The van der Waals surface area contributed by atoms with Crippen LogP contribution in [0, 0.1) is 0 Å². The molecule has 0 amide bonds. The molecule has 0 aliphatic heterocycles. The van der Waals surface area contributed by atoms with Crippen LogP contribution < -0.4 is 5.73 Å². The van der Waals surface area contributed by atoms with Gasteiger partial charge < -0.3 is 5.73 Å². The highest BCUT2D eigenvalue weighted by Gasteiger charge is 2.14. The Kier molecular flexibility index (Phi) is 10.5. The second-order valence-electron chi connectivity index (χ2n) is 4.89. The Labute approximate surface area is 123 Å². The molecule has 0 aromatic heterocycles. The molecule has 0 unspecified atom stereocenters. The van der Waals surface area contributed by atoms with Gasteiger partial charge >= 0.3 is 0 Å². The van der Waals surface area contributed by atoms with Crippen molar-refractivity contribution in [3.8, 4) is 0 Å². The van der Waals surface area contributed by atoms with Crippen LogP contribution in [-0.2, 0) is 0 Å². The van der Waals surface area contributed by atoms with E-state index in [2.05, 4.69) is 6.92 Å². The van der Waals surface area contributed by atoms with Gasteiger partial charge in [-0.25, -0.2) is 0 Å². The molecule has 19 heavy (non-hydrogen) atoms. The zero-order chi connectivity index (χ0) is 13.2. The van der Waals surface area contributed by atoms with Crippen molar-refractivity contribution in [3.63, 3.8) is 0 Å². The summed E-state index contributed by atoms with van der Waals surface area (Å²) >= 11 is 0. The Balaban J connectivity index is 0.00000324. The van der Waals surface area contributed by atoms with Gasteiger partial charge in [-0.05, 0) is 6.42 Å². The Morgan fingerprint density at radius 3 is 2.26 bits per heavy atom. The largest absolute Gasteiger partial charge is 0.321 e. The molecule has 0 saturated heterocycles. The van der Waals surface area contributed by atoms with E-state index in [1.165, 1.54) is 32.1 Å². The van der Waals surface area contributed by atoms with Crippen molar-refractivity contribution in [2.75, 3.05) is 0 Å². The van der Waals surface area contributed by atoms with Gasteiger partial charge in [0.25, 0.3) is 0 Å². The normalized spacial score (nSPS) is 11.7. The second-order valence-corrected chi connectivity index (χ2v) is 4.89. The maximum absolute atomic E-state index is 12.0. The Morgan fingerprint density at radius 1 is 1.05 bits per heavy atom. The van der Waals surface area contributed by atoms with Crippen LogP contribution in [0.4, 0.5) is 0 Å². The summed E-state index contributed by atoms with van der Waals surface area (Å²) in [4.78, 5) is 12.0. The second kappa shape index (κ2) is 11.0. The molecule has 0 spiro atoms. The summed E-state index contributed by atoms with van der Waals surface area (Å²) < 4.78 is 0. The van der Waals surface area contributed by atoms with Gasteiger partial charge in [0.15, 0.2) is 5.78 Å². The summed E-state index contributed by atoms with van der Waals surface area (Å²) in [6, 6.07) is 9.01. The number of rotatable bonds is 9. The predicted molar refractivity (Wildman–Crippen MR) is 84.0 cm³/mol. The van der Waals surface area contributed by atoms with Crippen molar-refractivity contribution in [2.45, 2.75) is 57.9 Å². The molecule has 0 heterocycles. The lowest BCUT2D eigenvalue weighted by molar-refractivity contribution is 0.0956. The molecule has 1 aromatic carbocycles. The number of Topliss-reactive ketones (excluding diaryl/α,β-unsaturated/α-hetero) is 1. The van der Waals surface area contributed by atoms with Gasteiger partial charge in [0.1, 0.15) is 0 Å². The molecule has 0 aliphatic carbocycles. The van der Waals surface area contributed by atoms with Gasteiger partial charge in [-0.1, -0.05) is 75.8 Å². The van der Waals surface area contributed by atoms with Crippen molar-refractivity contribution < 1.29 is 4.79 Å². The molecule has 108 valence electrons. The fraction of sp³-hybridized carbons (Fsp3) is 0.562. The van der Waals surface area contributed by atoms with E-state index in [9.17, 15) is 4.79 Å². The first-order valence-electron chi connectivity index (χ1n) is 7.10. The van der Waals surface area contributed by atoms with Crippen molar-refractivity contribution >= 4 is 18.2 Å². The summed E-state index contributed by atoms with van der Waals surface area (Å²) in [6.45, 7) is 2.22. The SMILES string of the molecule is CCCCCCCC[C@H](N)C(=O)c1ccccc1.Cl. The van der Waals surface area contributed by atoms with Crippen LogP contribution in [-0.4, -0.2) is 11.8 Å². The summed E-state index contributed by atoms with van der Waals surface area (Å²) in [6.07, 6.45) is 8.21. The van der Waals surface area contributed by atoms with E-state index < -0.39 is 0 Å². The highest BCUT2D eigenvalue weighted by Crippen LogP contribution is 2.10. The minimum atomic E-state index is -0.335. The first-order chi connectivity index (χ1) is 8.75. The van der Waals surface area contributed by atoms with Crippen molar-refractivity contribution in [2.24, 2.45) is 5.73 Å². The van der Waals surface area contributed by atoms with E-state index in [1.807, 2.05) is 30.3 Å². The molecular weight excluding hydrogens is 258 g/mol. The fourth-order valence-corrected chi connectivity index (χ4v) is 2.09. The topological polar surface area (TPSA) is 43.1 Å². The van der Waals surface area contributed by atoms with Crippen LogP contribution in [0.15, 0.2) is 30.3 Å². The number of benzene rings is 1. The zero-order valence-corrected chi connectivity index (χ0v) is 12.6. The van der Waals surface area contributed by atoms with Crippen LogP contribution in [0.2, 0.25) is 0 Å². The molecule has 0 fully saturated rings. The third-order valence-corrected chi connectivity index (χ3v) is 3.26. The van der Waals surface area contributed by atoms with E-state index in [4.69, 9.17) is 5.73 Å². The van der Waals surface area contributed by atoms with Crippen LogP contribution in [0.5, 0.6) is 0 Å². The molecule has 1 atom stereocenters. The first kappa shape index (κ1) is 18.1. The fourth-order valence-electron chi connectivity index (χ4n) is 2.09. The highest BCUT2D eigenvalue weighted by molar-refractivity contribution is 5.99. The minimum Gasteiger partial charge on any atom is -0.321 e. The number of carbonyl (C=O) groups excluding carboxylic acids is 1. The third-order valence-electron chi connectivity index (χ3n) is 3.26. The Hall–Kier alpha value is -0.860. The Bertz CT molecular complexity index is 340. The number of hydrogen-bond acceptors (Lipinski definition) is 2. The third kappa shape index (κ3) is 7.34. The van der Waals surface area contributed by atoms with Crippen molar-refractivity contribution in [1.82, 2.24) is 0 Å². The molecule has 0 radical (unpaired) electrons. The molecule has 1 aromatic rings. The number of halogens is 1. The van der Waals surface area contributed by atoms with E-state index in [0.717, 1.165) is 18.4 Å². The maximum Gasteiger partial charge on any atom is 0.179 e. The summed E-state index contributed by atoms with van der Waals surface area (Å²) in [5, 5.41) is 0. The monoisotopic (exact) mass is 283 g/mol. The number of ketones is 1. The van der Waals surface area contributed by atoms with Crippen LogP contribution in [0.1, 0.15) is 62.2 Å². The predicted octanol–water partition coefficient (Wildman–Crippen LogP) is 4.37.